The topological polar surface area (TPSA) is 66.7 Å². The number of para-hydroxylation sites is 2. The lowest BCUT2D eigenvalue weighted by Gasteiger charge is -2.36. The number of piperazine rings is 1. The van der Waals surface area contributed by atoms with E-state index in [1.165, 1.54) is 6.07 Å². The van der Waals surface area contributed by atoms with Crippen molar-refractivity contribution in [3.05, 3.63) is 34.4 Å². The normalized spacial score (nSPS) is 16.9. The minimum absolute atomic E-state index is 0.0622. The molecule has 1 unspecified atom stereocenters. The fourth-order valence-corrected chi connectivity index (χ4v) is 2.59. The van der Waals surface area contributed by atoms with E-state index in [1.807, 2.05) is 4.90 Å². The highest BCUT2D eigenvalue weighted by Gasteiger charge is 2.26. The molecule has 1 heterocycles. The number of halogens is 1. The molecule has 0 aliphatic carbocycles. The Morgan fingerprint density at radius 1 is 1.30 bits per heavy atom. The van der Waals surface area contributed by atoms with E-state index in [9.17, 15) is 14.9 Å². The lowest BCUT2D eigenvalue weighted by Crippen LogP contribution is -2.50. The second-order valence-corrected chi connectivity index (χ2v) is 6.05. The average molecular weight is 342 g/mol. The van der Waals surface area contributed by atoms with E-state index in [-0.39, 0.29) is 21.3 Å². The van der Waals surface area contributed by atoms with Crippen LogP contribution in [0.5, 0.6) is 0 Å². The number of carbonyl (C=O) groups is 1. The van der Waals surface area contributed by atoms with Gasteiger partial charge in [0.2, 0.25) is 5.91 Å². The Labute approximate surface area is 125 Å². The summed E-state index contributed by atoms with van der Waals surface area (Å²) in [5.41, 5.74) is 0.734. The molecule has 1 amide bonds. The fraction of sp³-hybridized carbons (Fsp3) is 0.462. The van der Waals surface area contributed by atoms with Gasteiger partial charge in [0.25, 0.3) is 5.69 Å². The van der Waals surface area contributed by atoms with Gasteiger partial charge in [-0.3, -0.25) is 14.9 Å². The Hall–Kier alpha value is -1.63. The standard InChI is InChI=1S/C13H16BrN3O3/c1-10(14)13(18)16-8-6-15(7-9-16)11-4-2-3-5-12(11)17(19)20/h2-5,10H,6-9H2,1H3. The second-order valence-electron chi connectivity index (χ2n) is 4.67. The maximum Gasteiger partial charge on any atom is 0.292 e. The number of carbonyl (C=O) groups excluding carboxylic acids is 1. The van der Waals surface area contributed by atoms with Crippen LogP contribution in [0.25, 0.3) is 0 Å². The van der Waals surface area contributed by atoms with Gasteiger partial charge in [0.15, 0.2) is 0 Å². The predicted octanol–water partition coefficient (Wildman–Crippen LogP) is 2.03. The van der Waals surface area contributed by atoms with Gasteiger partial charge in [0.1, 0.15) is 5.69 Å². The second kappa shape index (κ2) is 6.21. The first kappa shape index (κ1) is 14.8. The summed E-state index contributed by atoms with van der Waals surface area (Å²) < 4.78 is 0. The van der Waals surface area contributed by atoms with Crippen molar-refractivity contribution in [2.45, 2.75) is 11.8 Å². The minimum atomic E-state index is -0.368. The Kier molecular flexibility index (Phi) is 4.59. The molecule has 0 aromatic heterocycles. The summed E-state index contributed by atoms with van der Waals surface area (Å²) in [6.07, 6.45) is 0. The monoisotopic (exact) mass is 341 g/mol. The minimum Gasteiger partial charge on any atom is -0.362 e. The SMILES string of the molecule is CC(Br)C(=O)N1CCN(c2ccccc2[N+](=O)[O-])CC1. The van der Waals surface area contributed by atoms with E-state index in [0.717, 1.165) is 0 Å². The van der Waals surface area contributed by atoms with Gasteiger partial charge in [0.05, 0.1) is 9.75 Å². The third-order valence-electron chi connectivity index (χ3n) is 3.35. The summed E-state index contributed by atoms with van der Waals surface area (Å²) in [5.74, 6) is 0.0622. The molecule has 0 saturated carbocycles. The first-order chi connectivity index (χ1) is 9.50. The summed E-state index contributed by atoms with van der Waals surface area (Å²) in [5, 5.41) is 11.0. The Morgan fingerprint density at radius 2 is 1.90 bits per heavy atom. The summed E-state index contributed by atoms with van der Waals surface area (Å²) in [6, 6.07) is 6.71. The van der Waals surface area contributed by atoms with Gasteiger partial charge < -0.3 is 9.80 Å². The smallest absolute Gasteiger partial charge is 0.292 e. The maximum atomic E-state index is 11.9. The first-order valence-electron chi connectivity index (χ1n) is 6.42. The zero-order chi connectivity index (χ0) is 14.7. The van der Waals surface area contributed by atoms with Crippen molar-refractivity contribution in [3.63, 3.8) is 0 Å². The van der Waals surface area contributed by atoms with Crippen molar-refractivity contribution in [2.24, 2.45) is 0 Å². The Balaban J connectivity index is 2.08. The molecule has 20 heavy (non-hydrogen) atoms. The molecule has 0 spiro atoms. The largest absolute Gasteiger partial charge is 0.362 e. The highest BCUT2D eigenvalue weighted by atomic mass is 79.9. The maximum absolute atomic E-state index is 11.9. The molecule has 1 fully saturated rings. The van der Waals surface area contributed by atoms with Crippen LogP contribution in [0.3, 0.4) is 0 Å². The van der Waals surface area contributed by atoms with Crippen LogP contribution in [0.4, 0.5) is 11.4 Å². The van der Waals surface area contributed by atoms with Crippen LogP contribution in [-0.4, -0.2) is 46.7 Å². The molecule has 2 rings (SSSR count). The molecule has 7 heteroatoms. The van der Waals surface area contributed by atoms with Gasteiger partial charge in [-0.1, -0.05) is 28.1 Å². The number of anilines is 1. The molecule has 1 saturated heterocycles. The molecular weight excluding hydrogens is 326 g/mol. The van der Waals surface area contributed by atoms with Crippen molar-refractivity contribution < 1.29 is 9.72 Å². The molecular formula is C13H16BrN3O3. The third-order valence-corrected chi connectivity index (χ3v) is 3.74. The fourth-order valence-electron chi connectivity index (χ4n) is 2.31. The zero-order valence-corrected chi connectivity index (χ0v) is 12.7. The van der Waals surface area contributed by atoms with Crippen molar-refractivity contribution in [3.8, 4) is 0 Å². The lowest BCUT2D eigenvalue weighted by molar-refractivity contribution is -0.384. The molecule has 1 aromatic carbocycles. The summed E-state index contributed by atoms with van der Waals surface area (Å²) in [4.78, 5) is 26.1. The van der Waals surface area contributed by atoms with E-state index in [1.54, 1.807) is 30.0 Å². The molecule has 0 bridgehead atoms. The summed E-state index contributed by atoms with van der Waals surface area (Å²) in [7, 11) is 0. The van der Waals surface area contributed by atoms with Crippen LogP contribution < -0.4 is 4.90 Å². The number of alkyl halides is 1. The number of hydrogen-bond donors (Lipinski definition) is 0. The van der Waals surface area contributed by atoms with Crippen LogP contribution in [0.1, 0.15) is 6.92 Å². The molecule has 1 aromatic rings. The van der Waals surface area contributed by atoms with E-state index in [4.69, 9.17) is 0 Å². The number of rotatable bonds is 3. The van der Waals surface area contributed by atoms with Crippen molar-refractivity contribution in [2.75, 3.05) is 31.1 Å². The quantitative estimate of drug-likeness (QED) is 0.479. The molecule has 1 atom stereocenters. The molecule has 0 N–H and O–H groups in total. The van der Waals surface area contributed by atoms with Crippen LogP contribution in [0.2, 0.25) is 0 Å². The van der Waals surface area contributed by atoms with Gasteiger partial charge in [0, 0.05) is 32.2 Å². The third kappa shape index (κ3) is 3.09. The Morgan fingerprint density at radius 3 is 2.45 bits per heavy atom. The predicted molar refractivity (Wildman–Crippen MR) is 80.3 cm³/mol. The van der Waals surface area contributed by atoms with Crippen molar-refractivity contribution in [1.82, 2.24) is 4.90 Å². The Bertz CT molecular complexity index is 513. The molecule has 108 valence electrons. The van der Waals surface area contributed by atoms with Crippen molar-refractivity contribution in [1.29, 1.82) is 0 Å². The van der Waals surface area contributed by atoms with Gasteiger partial charge in [-0.15, -0.1) is 0 Å². The van der Waals surface area contributed by atoms with E-state index in [0.29, 0.717) is 31.9 Å². The number of benzene rings is 1. The number of amides is 1. The van der Waals surface area contributed by atoms with E-state index in [2.05, 4.69) is 15.9 Å². The number of nitro benzene ring substituents is 1. The van der Waals surface area contributed by atoms with Crippen LogP contribution in [0, 0.1) is 10.1 Å². The highest BCUT2D eigenvalue weighted by molar-refractivity contribution is 9.10. The zero-order valence-electron chi connectivity index (χ0n) is 11.2. The van der Waals surface area contributed by atoms with E-state index < -0.39 is 0 Å². The summed E-state index contributed by atoms with van der Waals surface area (Å²) >= 11 is 3.27. The first-order valence-corrected chi connectivity index (χ1v) is 7.33. The van der Waals surface area contributed by atoms with Gasteiger partial charge in [-0.2, -0.15) is 0 Å². The summed E-state index contributed by atoms with van der Waals surface area (Å²) in [6.45, 7) is 4.19. The van der Waals surface area contributed by atoms with Crippen LogP contribution >= 0.6 is 15.9 Å². The van der Waals surface area contributed by atoms with Crippen LogP contribution in [0.15, 0.2) is 24.3 Å². The van der Waals surface area contributed by atoms with Gasteiger partial charge in [-0.25, -0.2) is 0 Å². The van der Waals surface area contributed by atoms with Crippen LogP contribution in [-0.2, 0) is 4.79 Å². The van der Waals surface area contributed by atoms with E-state index >= 15 is 0 Å². The molecule has 1 aliphatic rings. The van der Waals surface area contributed by atoms with Gasteiger partial charge >= 0.3 is 0 Å². The number of nitro groups is 1. The number of hydrogen-bond acceptors (Lipinski definition) is 4. The average Bonchev–Trinajstić information content (AvgIpc) is 2.46. The highest BCUT2D eigenvalue weighted by Crippen LogP contribution is 2.28. The van der Waals surface area contributed by atoms with Gasteiger partial charge in [-0.05, 0) is 13.0 Å². The van der Waals surface area contributed by atoms with Crippen molar-refractivity contribution >= 4 is 33.2 Å². The number of nitrogens with zero attached hydrogens (tertiary/aromatic N) is 3. The lowest BCUT2D eigenvalue weighted by atomic mass is 10.2. The molecule has 0 radical (unpaired) electrons. The molecule has 1 aliphatic heterocycles. The molecule has 6 nitrogen and oxygen atoms in total.